The van der Waals surface area contributed by atoms with Gasteiger partial charge in [-0.2, -0.15) is 0 Å². The number of unbranched alkanes of at least 4 members (excludes halogenated alkanes) is 1. The number of carbonyl (C=O) groups excluding carboxylic acids is 1. The van der Waals surface area contributed by atoms with E-state index in [1.807, 2.05) is 31.2 Å². The van der Waals surface area contributed by atoms with Crippen LogP contribution in [0.15, 0.2) is 62.2 Å². The van der Waals surface area contributed by atoms with Crippen molar-refractivity contribution in [3.8, 4) is 11.1 Å². The molecule has 2 heterocycles. The quantitative estimate of drug-likeness (QED) is 0.245. The van der Waals surface area contributed by atoms with E-state index < -0.39 is 23.4 Å². The van der Waals surface area contributed by atoms with E-state index in [1.165, 1.54) is 6.92 Å². The van der Waals surface area contributed by atoms with E-state index in [1.54, 1.807) is 42.7 Å². The van der Waals surface area contributed by atoms with Gasteiger partial charge >= 0.3 is 17.8 Å². The van der Waals surface area contributed by atoms with Crippen molar-refractivity contribution >= 4 is 11.9 Å². The van der Waals surface area contributed by atoms with Crippen LogP contribution in [-0.4, -0.2) is 31.7 Å². The molecule has 2 N–H and O–H groups in total. The number of ether oxygens (including phenoxy) is 1. The van der Waals surface area contributed by atoms with Crippen LogP contribution in [0.3, 0.4) is 0 Å². The number of aryl methyl sites for hydroxylation is 2. The normalized spacial score (nSPS) is 11.5. The van der Waals surface area contributed by atoms with Crippen LogP contribution in [0.2, 0.25) is 0 Å². The topological polar surface area (TPSA) is 145 Å². The summed E-state index contributed by atoms with van der Waals surface area (Å²) in [5.74, 6) is -1.70. The highest BCUT2D eigenvalue weighted by Gasteiger charge is 2.33. The second kappa shape index (κ2) is 11.7. The van der Waals surface area contributed by atoms with Crippen molar-refractivity contribution in [2.45, 2.75) is 65.7 Å². The van der Waals surface area contributed by atoms with E-state index in [9.17, 15) is 24.6 Å². The zero-order chi connectivity index (χ0) is 29.0. The standard InChI is InChI=1S/C30H32N2O8/c1-5-6-11-24-31-26(30(3,4)37)25(28(35)38-17-23-18(2)39-29(36)40-23)32(24)16-19-12-14-20(15-13-19)21-9-7-8-10-22(21)27(33)34/h7-10,12-15,37H,5-6,11,16-17H2,1-4H3,(H,33,34). The molecule has 0 radical (unpaired) electrons. The second-order valence-electron chi connectivity index (χ2n) is 10.0. The zero-order valence-electron chi connectivity index (χ0n) is 22.9. The first-order chi connectivity index (χ1) is 19.0. The summed E-state index contributed by atoms with van der Waals surface area (Å²) in [4.78, 5) is 41.2. The van der Waals surface area contributed by atoms with E-state index in [2.05, 4.69) is 4.98 Å². The summed E-state index contributed by atoms with van der Waals surface area (Å²) in [6.07, 6.45) is 2.30. The third-order valence-electron chi connectivity index (χ3n) is 6.51. The minimum Gasteiger partial charge on any atom is -0.478 e. The number of benzene rings is 2. The molecule has 10 heteroatoms. The average molecular weight is 549 g/mol. The number of aliphatic hydroxyl groups is 1. The van der Waals surface area contributed by atoms with Gasteiger partial charge in [0.2, 0.25) is 0 Å². The molecule has 40 heavy (non-hydrogen) atoms. The number of aromatic nitrogens is 2. The average Bonchev–Trinajstić information content (AvgIpc) is 3.44. The molecule has 210 valence electrons. The van der Waals surface area contributed by atoms with E-state index in [0.717, 1.165) is 24.0 Å². The maximum Gasteiger partial charge on any atom is 0.519 e. The molecule has 0 saturated heterocycles. The van der Waals surface area contributed by atoms with Crippen LogP contribution in [0.4, 0.5) is 0 Å². The first-order valence-corrected chi connectivity index (χ1v) is 13.0. The monoisotopic (exact) mass is 548 g/mol. The van der Waals surface area contributed by atoms with Gasteiger partial charge in [0.25, 0.3) is 0 Å². The maximum atomic E-state index is 13.4. The van der Waals surface area contributed by atoms with E-state index in [0.29, 0.717) is 17.8 Å². The number of imidazole rings is 1. The number of nitrogens with zero attached hydrogens (tertiary/aromatic N) is 2. The Morgan fingerprint density at radius 1 is 1.07 bits per heavy atom. The number of rotatable bonds is 11. The van der Waals surface area contributed by atoms with E-state index >= 15 is 0 Å². The van der Waals surface area contributed by atoms with Gasteiger partial charge in [0.1, 0.15) is 17.1 Å². The first-order valence-electron chi connectivity index (χ1n) is 13.0. The van der Waals surface area contributed by atoms with Crippen molar-refractivity contribution in [2.24, 2.45) is 0 Å². The summed E-state index contributed by atoms with van der Waals surface area (Å²) < 4.78 is 17.0. The Hall–Kier alpha value is -4.44. The SMILES string of the molecule is CCCCc1nc(C(C)(C)O)c(C(=O)OCc2oc(=O)oc2C)n1Cc1ccc(-c2ccccc2C(=O)O)cc1. The van der Waals surface area contributed by atoms with Crippen molar-refractivity contribution < 1.29 is 33.4 Å². The molecule has 2 aromatic heterocycles. The summed E-state index contributed by atoms with van der Waals surface area (Å²) in [5, 5.41) is 20.5. The van der Waals surface area contributed by atoms with Gasteiger partial charge in [-0.05, 0) is 49.9 Å². The van der Waals surface area contributed by atoms with Crippen LogP contribution in [0.25, 0.3) is 11.1 Å². The minimum absolute atomic E-state index is 0.0951. The van der Waals surface area contributed by atoms with E-state index in [-0.39, 0.29) is 41.6 Å². The summed E-state index contributed by atoms with van der Waals surface area (Å²) in [6.45, 7) is 6.61. The second-order valence-corrected chi connectivity index (χ2v) is 10.0. The molecule has 0 aliphatic carbocycles. The number of hydrogen-bond donors (Lipinski definition) is 2. The van der Waals surface area contributed by atoms with Crippen LogP contribution in [0, 0.1) is 6.92 Å². The van der Waals surface area contributed by atoms with Crippen molar-refractivity contribution in [3.05, 3.63) is 99.0 Å². The predicted molar refractivity (Wildman–Crippen MR) is 145 cm³/mol. The lowest BCUT2D eigenvalue weighted by molar-refractivity contribution is 0.0395. The molecule has 0 aliphatic rings. The number of carboxylic acids is 1. The van der Waals surface area contributed by atoms with Crippen molar-refractivity contribution in [3.63, 3.8) is 0 Å². The Bertz CT molecular complexity index is 1570. The van der Waals surface area contributed by atoms with Crippen molar-refractivity contribution in [2.75, 3.05) is 0 Å². The highest BCUT2D eigenvalue weighted by molar-refractivity contribution is 5.96. The van der Waals surface area contributed by atoms with Gasteiger partial charge in [0, 0.05) is 13.0 Å². The molecule has 4 rings (SSSR count). The summed E-state index contributed by atoms with van der Waals surface area (Å²) in [7, 11) is 0. The molecule has 0 unspecified atom stereocenters. The Morgan fingerprint density at radius 2 is 1.77 bits per heavy atom. The lowest BCUT2D eigenvalue weighted by atomic mass is 9.98. The fraction of sp³-hybridized carbons (Fsp3) is 0.333. The van der Waals surface area contributed by atoms with Crippen LogP contribution >= 0.6 is 0 Å². The molecule has 10 nitrogen and oxygen atoms in total. The van der Waals surface area contributed by atoms with Crippen molar-refractivity contribution in [1.29, 1.82) is 0 Å². The van der Waals surface area contributed by atoms with Crippen LogP contribution in [0.1, 0.15) is 83.1 Å². The Morgan fingerprint density at radius 3 is 2.38 bits per heavy atom. The number of carbonyl (C=O) groups is 2. The fourth-order valence-corrected chi connectivity index (χ4v) is 4.43. The lowest BCUT2D eigenvalue weighted by Crippen LogP contribution is -2.23. The molecule has 0 bridgehead atoms. The van der Waals surface area contributed by atoms with E-state index in [4.69, 9.17) is 13.6 Å². The Labute approximate surface area is 230 Å². The highest BCUT2D eigenvalue weighted by atomic mass is 16.6. The summed E-state index contributed by atoms with van der Waals surface area (Å²) in [5.41, 5.74) is 1.22. The molecule has 0 saturated carbocycles. The third-order valence-corrected chi connectivity index (χ3v) is 6.51. The molecule has 2 aromatic carbocycles. The van der Waals surface area contributed by atoms with Gasteiger partial charge in [-0.15, -0.1) is 0 Å². The summed E-state index contributed by atoms with van der Waals surface area (Å²) >= 11 is 0. The molecule has 0 spiro atoms. The molecular weight excluding hydrogens is 516 g/mol. The van der Waals surface area contributed by atoms with Gasteiger partial charge in [0.15, 0.2) is 23.8 Å². The maximum absolute atomic E-state index is 13.4. The highest BCUT2D eigenvalue weighted by Crippen LogP contribution is 2.29. The molecule has 0 aliphatic heterocycles. The Balaban J connectivity index is 1.71. The van der Waals surface area contributed by atoms with Crippen LogP contribution < -0.4 is 5.82 Å². The third kappa shape index (κ3) is 6.23. The smallest absolute Gasteiger partial charge is 0.478 e. The van der Waals surface area contributed by atoms with Gasteiger partial charge in [0.05, 0.1) is 5.56 Å². The van der Waals surface area contributed by atoms with Gasteiger partial charge in [-0.25, -0.2) is 19.4 Å². The van der Waals surface area contributed by atoms with Crippen LogP contribution in [-0.2, 0) is 29.9 Å². The fourth-order valence-electron chi connectivity index (χ4n) is 4.43. The van der Waals surface area contributed by atoms with Crippen molar-refractivity contribution in [1.82, 2.24) is 9.55 Å². The summed E-state index contributed by atoms with van der Waals surface area (Å²) in [6, 6.07) is 14.2. The van der Waals surface area contributed by atoms with Gasteiger partial charge in [-0.3, -0.25) is 0 Å². The first kappa shape index (κ1) is 28.6. The number of aromatic carboxylic acids is 1. The molecule has 4 aromatic rings. The number of hydrogen-bond acceptors (Lipinski definition) is 8. The predicted octanol–water partition coefficient (Wildman–Crippen LogP) is 5.08. The lowest BCUT2D eigenvalue weighted by Gasteiger charge is -2.18. The number of esters is 1. The van der Waals surface area contributed by atoms with Gasteiger partial charge in [-0.1, -0.05) is 55.8 Å². The molecular formula is C30H32N2O8. The minimum atomic E-state index is -1.44. The van der Waals surface area contributed by atoms with Gasteiger partial charge < -0.3 is 28.4 Å². The molecule has 0 atom stereocenters. The molecule has 0 amide bonds. The largest absolute Gasteiger partial charge is 0.519 e. The molecule has 0 fully saturated rings. The van der Waals surface area contributed by atoms with Crippen LogP contribution in [0.5, 0.6) is 0 Å². The zero-order valence-corrected chi connectivity index (χ0v) is 22.9. The Kier molecular flexibility index (Phi) is 8.39. The number of carboxylic acid groups (broad SMARTS) is 1.